The predicted octanol–water partition coefficient (Wildman–Crippen LogP) is 5.19. The number of benzene rings is 2. The minimum Gasteiger partial charge on any atom is -0.454 e. The van der Waals surface area contributed by atoms with Crippen molar-refractivity contribution in [2.75, 3.05) is 13.3 Å². The largest absolute Gasteiger partial charge is 0.454 e. The molecule has 0 spiro atoms. The Bertz CT molecular complexity index is 1180. The van der Waals surface area contributed by atoms with Crippen LogP contribution >= 0.6 is 0 Å². The normalized spacial score (nSPS) is 23.2. The Labute approximate surface area is 181 Å². The molecule has 31 heavy (non-hydrogen) atoms. The zero-order valence-electron chi connectivity index (χ0n) is 17.7. The van der Waals surface area contributed by atoms with E-state index in [1.807, 2.05) is 0 Å². The van der Waals surface area contributed by atoms with Gasteiger partial charge in [0.05, 0.1) is 0 Å². The highest BCUT2D eigenvalue weighted by Gasteiger charge is 2.42. The van der Waals surface area contributed by atoms with Crippen molar-refractivity contribution in [2.24, 2.45) is 5.41 Å². The van der Waals surface area contributed by atoms with Crippen molar-refractivity contribution in [3.05, 3.63) is 76.3 Å². The van der Waals surface area contributed by atoms with Crippen LogP contribution in [0.5, 0.6) is 11.5 Å². The average molecular weight is 417 g/mol. The summed E-state index contributed by atoms with van der Waals surface area (Å²) in [4.78, 5) is 15.7. The third kappa shape index (κ3) is 2.90. The second-order valence-electron chi connectivity index (χ2n) is 9.65. The number of rotatable bonds is 1. The average Bonchev–Trinajstić information content (AvgIpc) is 3.18. The smallest absolute Gasteiger partial charge is 0.231 e. The van der Waals surface area contributed by atoms with E-state index in [-0.39, 0.29) is 29.7 Å². The summed E-state index contributed by atoms with van der Waals surface area (Å²) >= 11 is 0. The third-order valence-corrected chi connectivity index (χ3v) is 6.86. The fourth-order valence-corrected chi connectivity index (χ4v) is 5.46. The number of ketones is 1. The highest BCUT2D eigenvalue weighted by atomic mass is 19.1. The van der Waals surface area contributed by atoms with Gasteiger partial charge >= 0.3 is 0 Å². The highest BCUT2D eigenvalue weighted by molar-refractivity contribution is 6.01. The SMILES string of the molecule is CC1(C)CC(=O)C2=C(C1)N1CCc3cc4c(cc3C1=CC2c1ccc(F)cc1)OCO4. The topological polar surface area (TPSA) is 38.8 Å². The third-order valence-electron chi connectivity index (χ3n) is 6.86. The van der Waals surface area contributed by atoms with Crippen molar-refractivity contribution in [2.45, 2.75) is 39.0 Å². The number of Topliss-reactive ketones (excluding diaryl/α,β-unsaturated/α-hetero) is 1. The van der Waals surface area contributed by atoms with E-state index in [1.165, 1.54) is 17.7 Å². The van der Waals surface area contributed by atoms with E-state index >= 15 is 0 Å². The summed E-state index contributed by atoms with van der Waals surface area (Å²) in [6, 6.07) is 10.7. The highest BCUT2D eigenvalue weighted by Crippen LogP contribution is 2.51. The van der Waals surface area contributed by atoms with Gasteiger partial charge in [-0.25, -0.2) is 4.39 Å². The number of halogens is 1. The van der Waals surface area contributed by atoms with Crippen LogP contribution in [0.4, 0.5) is 4.39 Å². The van der Waals surface area contributed by atoms with Crippen molar-refractivity contribution in [1.82, 2.24) is 4.90 Å². The molecule has 0 fully saturated rings. The first kappa shape index (κ1) is 18.7. The predicted molar refractivity (Wildman–Crippen MR) is 115 cm³/mol. The maximum Gasteiger partial charge on any atom is 0.231 e. The molecule has 0 saturated carbocycles. The van der Waals surface area contributed by atoms with Gasteiger partial charge in [-0.15, -0.1) is 0 Å². The summed E-state index contributed by atoms with van der Waals surface area (Å²) in [5.74, 6) is 1.32. The summed E-state index contributed by atoms with van der Waals surface area (Å²) in [5, 5.41) is 0. The van der Waals surface area contributed by atoms with E-state index in [2.05, 4.69) is 37.0 Å². The lowest BCUT2D eigenvalue weighted by Gasteiger charge is -2.46. The van der Waals surface area contributed by atoms with Crippen molar-refractivity contribution < 1.29 is 18.7 Å². The van der Waals surface area contributed by atoms with E-state index in [1.54, 1.807) is 12.1 Å². The summed E-state index contributed by atoms with van der Waals surface area (Å²) < 4.78 is 24.9. The first-order chi connectivity index (χ1) is 14.9. The van der Waals surface area contributed by atoms with Gasteiger partial charge in [-0.05, 0) is 59.7 Å². The monoisotopic (exact) mass is 417 g/mol. The van der Waals surface area contributed by atoms with Crippen LogP contribution in [0.3, 0.4) is 0 Å². The number of allylic oxidation sites excluding steroid dienone is 3. The number of carbonyl (C=O) groups is 1. The van der Waals surface area contributed by atoms with Gasteiger partial charge in [-0.2, -0.15) is 0 Å². The Hall–Kier alpha value is -3.08. The van der Waals surface area contributed by atoms with Crippen molar-refractivity contribution in [3.8, 4) is 11.5 Å². The van der Waals surface area contributed by atoms with Crippen LogP contribution in [0.15, 0.2) is 53.7 Å². The molecule has 6 rings (SSSR count). The minimum absolute atomic E-state index is 0.0825. The number of ether oxygens (including phenoxy) is 2. The van der Waals surface area contributed by atoms with Gasteiger partial charge in [0.1, 0.15) is 5.82 Å². The number of hydrogen-bond donors (Lipinski definition) is 0. The van der Waals surface area contributed by atoms with E-state index in [4.69, 9.17) is 9.47 Å². The molecule has 4 nitrogen and oxygen atoms in total. The summed E-state index contributed by atoms with van der Waals surface area (Å²) in [6.45, 7) is 5.40. The molecule has 0 radical (unpaired) electrons. The standard InChI is InChI=1S/C26H24FNO3/c1-26(2)12-21-25(22(29)13-26)19(15-3-5-17(27)6-4-15)10-20-18-11-24-23(30-14-31-24)9-16(18)7-8-28(20)21/h3-6,9-11,19H,7-8,12-14H2,1-2H3. The molecule has 0 saturated heterocycles. The van der Waals surface area contributed by atoms with Gasteiger partial charge in [0.2, 0.25) is 6.79 Å². The Kier molecular flexibility index (Phi) is 3.89. The van der Waals surface area contributed by atoms with Crippen molar-refractivity contribution >= 4 is 11.5 Å². The zero-order chi connectivity index (χ0) is 21.3. The Balaban J connectivity index is 1.55. The molecule has 1 aliphatic carbocycles. The first-order valence-electron chi connectivity index (χ1n) is 10.8. The van der Waals surface area contributed by atoms with Gasteiger partial charge in [-0.3, -0.25) is 4.79 Å². The fourth-order valence-electron chi connectivity index (χ4n) is 5.46. The fraction of sp³-hybridized carbons (Fsp3) is 0.346. The first-order valence-corrected chi connectivity index (χ1v) is 10.8. The molecule has 0 aromatic heterocycles. The molecular weight excluding hydrogens is 393 g/mol. The summed E-state index contributed by atoms with van der Waals surface area (Å²) in [5.41, 5.74) is 6.33. The van der Waals surface area contributed by atoms with Gasteiger partial charge in [0.15, 0.2) is 17.3 Å². The zero-order valence-corrected chi connectivity index (χ0v) is 17.7. The van der Waals surface area contributed by atoms with E-state index in [9.17, 15) is 9.18 Å². The van der Waals surface area contributed by atoms with Gasteiger partial charge in [-0.1, -0.05) is 26.0 Å². The lowest BCUT2D eigenvalue weighted by molar-refractivity contribution is -0.118. The van der Waals surface area contributed by atoms with Gasteiger partial charge in [0, 0.05) is 41.4 Å². The maximum atomic E-state index is 13.6. The van der Waals surface area contributed by atoms with Gasteiger partial charge < -0.3 is 14.4 Å². The molecule has 158 valence electrons. The van der Waals surface area contributed by atoms with Crippen LogP contribution in [-0.4, -0.2) is 24.0 Å². The van der Waals surface area contributed by atoms with Crippen LogP contribution in [0.2, 0.25) is 0 Å². The van der Waals surface area contributed by atoms with Crippen LogP contribution in [0.25, 0.3) is 5.70 Å². The molecule has 3 heterocycles. The Morgan fingerprint density at radius 3 is 2.58 bits per heavy atom. The number of hydrogen-bond acceptors (Lipinski definition) is 4. The van der Waals surface area contributed by atoms with Crippen LogP contribution in [0.1, 0.15) is 49.3 Å². The Morgan fingerprint density at radius 1 is 1.06 bits per heavy atom. The summed E-state index contributed by atoms with van der Waals surface area (Å²) in [6.07, 6.45) is 4.46. The quantitative estimate of drug-likeness (QED) is 0.640. The van der Waals surface area contributed by atoms with E-state index in [0.29, 0.717) is 6.42 Å². The molecule has 0 bridgehead atoms. The van der Waals surface area contributed by atoms with Crippen molar-refractivity contribution in [3.63, 3.8) is 0 Å². The molecule has 3 aliphatic heterocycles. The molecule has 2 aromatic rings. The minimum atomic E-state index is -0.269. The van der Waals surface area contributed by atoms with E-state index in [0.717, 1.165) is 59.0 Å². The second kappa shape index (κ2) is 6.46. The van der Waals surface area contributed by atoms with Crippen molar-refractivity contribution in [1.29, 1.82) is 0 Å². The molecule has 0 N–H and O–H groups in total. The van der Waals surface area contributed by atoms with E-state index < -0.39 is 0 Å². The molecule has 0 amide bonds. The van der Waals surface area contributed by atoms with Crippen LogP contribution in [-0.2, 0) is 11.2 Å². The number of nitrogens with zero attached hydrogens (tertiary/aromatic N) is 1. The number of fused-ring (bicyclic) bond motifs is 5. The molecule has 5 heteroatoms. The molecule has 4 aliphatic rings. The molecular formula is C26H24FNO3. The Morgan fingerprint density at radius 2 is 1.81 bits per heavy atom. The molecule has 1 unspecified atom stereocenters. The molecule has 1 atom stereocenters. The van der Waals surface area contributed by atoms with Crippen LogP contribution in [0, 0.1) is 11.2 Å². The van der Waals surface area contributed by atoms with Crippen LogP contribution < -0.4 is 9.47 Å². The second-order valence-corrected chi connectivity index (χ2v) is 9.65. The maximum absolute atomic E-state index is 13.6. The lowest BCUT2D eigenvalue weighted by Crippen LogP contribution is -2.40. The van der Waals surface area contributed by atoms with Gasteiger partial charge in [0.25, 0.3) is 0 Å². The lowest BCUT2D eigenvalue weighted by atomic mass is 9.69. The summed E-state index contributed by atoms with van der Waals surface area (Å²) in [7, 11) is 0. The number of carbonyl (C=O) groups excluding carboxylic acids is 1. The molecule has 2 aromatic carbocycles.